The predicted octanol–water partition coefficient (Wildman–Crippen LogP) is 3.58. The van der Waals surface area contributed by atoms with Gasteiger partial charge in [0, 0.05) is 15.7 Å². The average molecular weight is 703 g/mol. The molecule has 0 bridgehead atoms. The van der Waals surface area contributed by atoms with Crippen molar-refractivity contribution >= 4 is 56.7 Å². The van der Waals surface area contributed by atoms with Crippen LogP contribution in [0.3, 0.4) is 0 Å². The molecule has 204 valence electrons. The highest BCUT2D eigenvalue weighted by molar-refractivity contribution is 14.1. The Morgan fingerprint density at radius 3 is 2.71 bits per heavy atom. The standard InChI is InChI=1S/C25H28BrIN4O7/c1-5-37-19-9-14(22-21(24(33)36-4)13(2)29-25(34)30-22)6-7-18(19)38-12-20(32)31-28-11-15-8-16(26)10-17(27)23(15)35-3/h6-11,20,22,31-32H,5,12H2,1-4H3,(H2,29,30,34)/b28-11+/t20-,22-/m1/s1. The number of amides is 2. The van der Waals surface area contributed by atoms with Gasteiger partial charge in [-0.25, -0.2) is 9.59 Å². The summed E-state index contributed by atoms with van der Waals surface area (Å²) in [7, 11) is 2.85. The Hall–Kier alpha value is -3.04. The summed E-state index contributed by atoms with van der Waals surface area (Å²) in [5.74, 6) is 0.841. The van der Waals surface area contributed by atoms with Crippen molar-refractivity contribution < 1.29 is 33.6 Å². The Morgan fingerprint density at radius 2 is 2.03 bits per heavy atom. The number of nitrogens with zero attached hydrogens (tertiary/aromatic N) is 1. The number of allylic oxidation sites excluding steroid dienone is 1. The van der Waals surface area contributed by atoms with Gasteiger partial charge in [-0.1, -0.05) is 22.0 Å². The van der Waals surface area contributed by atoms with Gasteiger partial charge in [0.05, 0.1) is 42.2 Å². The van der Waals surface area contributed by atoms with Crippen molar-refractivity contribution in [1.82, 2.24) is 16.1 Å². The van der Waals surface area contributed by atoms with Crippen LogP contribution in [0.15, 0.2) is 51.2 Å². The van der Waals surface area contributed by atoms with E-state index in [4.69, 9.17) is 18.9 Å². The summed E-state index contributed by atoms with van der Waals surface area (Å²) in [4.78, 5) is 24.5. The molecule has 11 nitrogen and oxygen atoms in total. The molecule has 0 aromatic heterocycles. The minimum Gasteiger partial charge on any atom is -0.495 e. The zero-order chi connectivity index (χ0) is 27.8. The Labute approximate surface area is 242 Å². The number of hydrogen-bond donors (Lipinski definition) is 4. The lowest BCUT2D eigenvalue weighted by atomic mass is 9.95. The maximum absolute atomic E-state index is 12.4. The molecule has 0 fully saturated rings. The van der Waals surface area contributed by atoms with Crippen molar-refractivity contribution in [3.63, 3.8) is 0 Å². The van der Waals surface area contributed by atoms with Crippen LogP contribution in [0.1, 0.15) is 31.0 Å². The molecule has 0 spiro atoms. The molecule has 2 aromatic rings. The Balaban J connectivity index is 1.72. The number of aliphatic hydroxyl groups excluding tert-OH is 1. The lowest BCUT2D eigenvalue weighted by Gasteiger charge is -2.28. The molecule has 1 aliphatic heterocycles. The predicted molar refractivity (Wildman–Crippen MR) is 152 cm³/mol. The van der Waals surface area contributed by atoms with Gasteiger partial charge in [0.2, 0.25) is 0 Å². The summed E-state index contributed by atoms with van der Waals surface area (Å²) in [6.07, 6.45) is 0.412. The second kappa shape index (κ2) is 13.7. The van der Waals surface area contributed by atoms with Gasteiger partial charge in [-0.05, 0) is 66.3 Å². The molecule has 2 amide bonds. The molecule has 1 aliphatic rings. The van der Waals surface area contributed by atoms with E-state index in [1.165, 1.54) is 13.3 Å². The van der Waals surface area contributed by atoms with Crippen molar-refractivity contribution in [3.8, 4) is 17.2 Å². The number of halogens is 2. The Kier molecular flexibility index (Phi) is 10.6. The number of carbonyl (C=O) groups is 2. The number of urea groups is 1. The van der Waals surface area contributed by atoms with Crippen LogP contribution >= 0.6 is 38.5 Å². The third-order valence-corrected chi connectivity index (χ3v) is 6.60. The van der Waals surface area contributed by atoms with E-state index in [0.717, 1.165) is 13.6 Å². The summed E-state index contributed by atoms with van der Waals surface area (Å²) in [5, 5.41) is 19.8. The number of ether oxygens (including phenoxy) is 4. The molecule has 3 rings (SSSR count). The van der Waals surface area contributed by atoms with Crippen LogP contribution in [0.25, 0.3) is 0 Å². The van der Waals surface area contributed by atoms with Gasteiger partial charge in [-0.2, -0.15) is 5.10 Å². The molecule has 13 heteroatoms. The van der Waals surface area contributed by atoms with Crippen molar-refractivity contribution in [2.75, 3.05) is 27.4 Å². The van der Waals surface area contributed by atoms with Crippen LogP contribution < -0.4 is 30.3 Å². The first-order valence-electron chi connectivity index (χ1n) is 11.4. The quantitative estimate of drug-likeness (QED) is 0.0917. The molecule has 0 unspecified atom stereocenters. The number of hydrazone groups is 1. The fraction of sp³-hybridized carbons (Fsp3) is 0.320. The second-order valence-corrected chi connectivity index (χ2v) is 10.0. The van der Waals surface area contributed by atoms with Gasteiger partial charge in [-0.15, -0.1) is 0 Å². The van der Waals surface area contributed by atoms with Gasteiger partial charge in [0.25, 0.3) is 0 Å². The molecule has 0 radical (unpaired) electrons. The van der Waals surface area contributed by atoms with Crippen LogP contribution in [0, 0.1) is 3.57 Å². The fourth-order valence-corrected chi connectivity index (χ4v) is 5.48. The molecule has 0 aliphatic carbocycles. The lowest BCUT2D eigenvalue weighted by Crippen LogP contribution is -2.45. The summed E-state index contributed by atoms with van der Waals surface area (Å²) in [6, 6.07) is 7.59. The first kappa shape index (κ1) is 29.5. The van der Waals surface area contributed by atoms with E-state index in [0.29, 0.717) is 35.1 Å². The number of carbonyl (C=O) groups excluding carboxylic acids is 2. The van der Waals surface area contributed by atoms with Crippen LogP contribution in [-0.2, 0) is 9.53 Å². The van der Waals surface area contributed by atoms with Crippen LogP contribution in [0.5, 0.6) is 17.2 Å². The third kappa shape index (κ3) is 7.29. The molecule has 4 N–H and O–H groups in total. The Bertz CT molecular complexity index is 1250. The highest BCUT2D eigenvalue weighted by atomic mass is 127. The smallest absolute Gasteiger partial charge is 0.337 e. The maximum Gasteiger partial charge on any atom is 0.337 e. The number of nitrogens with one attached hydrogen (secondary N) is 3. The van der Waals surface area contributed by atoms with E-state index in [9.17, 15) is 14.7 Å². The second-order valence-electron chi connectivity index (χ2n) is 7.93. The SMILES string of the molecule is CCOc1cc([C@H]2NC(=O)NC(C)=C2C(=O)OC)ccc1OC[C@@H](O)N/N=C/c1cc(Br)cc(I)c1OC. The van der Waals surface area contributed by atoms with Crippen LogP contribution in [0.4, 0.5) is 4.79 Å². The minimum absolute atomic E-state index is 0.138. The molecule has 2 aromatic carbocycles. The van der Waals surface area contributed by atoms with Gasteiger partial charge in [0.1, 0.15) is 12.4 Å². The molecular formula is C25H28BrIN4O7. The van der Waals surface area contributed by atoms with E-state index in [1.807, 2.05) is 19.1 Å². The summed E-state index contributed by atoms with van der Waals surface area (Å²) in [6.45, 7) is 3.65. The maximum atomic E-state index is 12.4. The zero-order valence-electron chi connectivity index (χ0n) is 21.1. The van der Waals surface area contributed by atoms with Crippen molar-refractivity contribution in [2.24, 2.45) is 5.10 Å². The number of aliphatic hydroxyl groups is 1. The highest BCUT2D eigenvalue weighted by Gasteiger charge is 2.32. The van der Waals surface area contributed by atoms with Gasteiger partial charge < -0.3 is 34.7 Å². The minimum atomic E-state index is -1.13. The Morgan fingerprint density at radius 1 is 1.26 bits per heavy atom. The first-order valence-corrected chi connectivity index (χ1v) is 13.3. The van der Waals surface area contributed by atoms with Crippen molar-refractivity contribution in [1.29, 1.82) is 0 Å². The molecular weight excluding hydrogens is 675 g/mol. The molecule has 0 saturated heterocycles. The zero-order valence-corrected chi connectivity index (χ0v) is 24.9. The molecule has 2 atom stereocenters. The molecule has 38 heavy (non-hydrogen) atoms. The number of methoxy groups -OCH3 is 2. The van der Waals surface area contributed by atoms with E-state index >= 15 is 0 Å². The van der Waals surface area contributed by atoms with E-state index in [1.54, 1.807) is 32.2 Å². The van der Waals surface area contributed by atoms with E-state index in [-0.39, 0.29) is 12.2 Å². The monoisotopic (exact) mass is 702 g/mol. The highest BCUT2D eigenvalue weighted by Crippen LogP contribution is 2.35. The summed E-state index contributed by atoms with van der Waals surface area (Å²) >= 11 is 5.61. The van der Waals surface area contributed by atoms with Gasteiger partial charge in [0.15, 0.2) is 17.7 Å². The molecule has 0 saturated carbocycles. The summed E-state index contributed by atoms with van der Waals surface area (Å²) in [5.41, 5.74) is 4.60. The largest absolute Gasteiger partial charge is 0.495 e. The third-order valence-electron chi connectivity index (χ3n) is 5.34. The average Bonchev–Trinajstić information content (AvgIpc) is 2.87. The normalized spacial score (nSPS) is 16.0. The fourth-order valence-electron chi connectivity index (χ4n) is 3.71. The van der Waals surface area contributed by atoms with Gasteiger partial charge >= 0.3 is 12.0 Å². The molecule has 1 heterocycles. The van der Waals surface area contributed by atoms with E-state index < -0.39 is 24.3 Å². The van der Waals surface area contributed by atoms with Crippen molar-refractivity contribution in [3.05, 3.63) is 60.8 Å². The summed E-state index contributed by atoms with van der Waals surface area (Å²) < 4.78 is 23.6. The van der Waals surface area contributed by atoms with Crippen LogP contribution in [0.2, 0.25) is 0 Å². The van der Waals surface area contributed by atoms with Gasteiger partial charge in [-0.3, -0.25) is 5.43 Å². The van der Waals surface area contributed by atoms with Crippen LogP contribution in [-0.4, -0.2) is 57.0 Å². The lowest BCUT2D eigenvalue weighted by molar-refractivity contribution is -0.136. The number of benzene rings is 2. The first-order chi connectivity index (χ1) is 18.2. The van der Waals surface area contributed by atoms with E-state index in [2.05, 4.69) is 59.7 Å². The number of rotatable bonds is 11. The van der Waals surface area contributed by atoms with Crippen molar-refractivity contribution in [2.45, 2.75) is 26.1 Å². The topological polar surface area (TPSA) is 140 Å². The number of esters is 1. The number of hydrogen-bond acceptors (Lipinski definition) is 9.